The maximum atomic E-state index is 11.2. The minimum Gasteiger partial charge on any atom is -0.544 e. The van der Waals surface area contributed by atoms with Crippen molar-refractivity contribution in [1.29, 1.82) is 0 Å². The summed E-state index contributed by atoms with van der Waals surface area (Å²) in [5.74, 6) is -4.42. The number of aliphatic hydroxyl groups is 3. The van der Waals surface area contributed by atoms with Crippen LogP contribution >= 0.6 is 0 Å². The van der Waals surface area contributed by atoms with Crippen LogP contribution in [0.2, 0.25) is 0 Å². The van der Waals surface area contributed by atoms with Crippen LogP contribution in [0, 0.1) is 0 Å². The van der Waals surface area contributed by atoms with E-state index in [0.29, 0.717) is 0 Å². The van der Waals surface area contributed by atoms with E-state index in [0.717, 1.165) is 13.2 Å². The number of aliphatic hydroxyl groups excluding tert-OH is 3. The second-order valence-corrected chi connectivity index (χ2v) is 4.57. The number of carboxylic acid groups (broad SMARTS) is 1. The molecule has 1 amide bonds. The Morgan fingerprint density at radius 1 is 1.50 bits per heavy atom. The fourth-order valence-electron chi connectivity index (χ4n) is 1.94. The van der Waals surface area contributed by atoms with Crippen molar-refractivity contribution in [3.05, 3.63) is 12.2 Å². The standard InChI is InChI=1S/C12H19NO8.K/c1-6(15)13-7-3-4-12(20-2,11(18)19)21-10(7)9(17)8(16)5-14;/h3-4,7-10,14,16-17H,5H2,1-2H3,(H,13,15)(H,18,19);/q;+1/p-1/t7-,8-,9-,10-,12+;/m1./s1. The average molecular weight is 343 g/mol. The van der Waals surface area contributed by atoms with E-state index in [2.05, 4.69) is 5.32 Å². The first kappa shape index (κ1) is 22.1. The van der Waals surface area contributed by atoms with Crippen LogP contribution < -0.4 is 61.8 Å². The zero-order valence-corrected chi connectivity index (χ0v) is 15.7. The van der Waals surface area contributed by atoms with E-state index < -0.39 is 48.6 Å². The van der Waals surface area contributed by atoms with Gasteiger partial charge in [-0.1, -0.05) is 6.08 Å². The van der Waals surface area contributed by atoms with Crippen LogP contribution in [0.15, 0.2) is 12.2 Å². The van der Waals surface area contributed by atoms with Gasteiger partial charge in [0.1, 0.15) is 24.3 Å². The first-order chi connectivity index (χ1) is 9.77. The molecule has 0 bridgehead atoms. The van der Waals surface area contributed by atoms with E-state index in [1.54, 1.807) is 0 Å². The van der Waals surface area contributed by atoms with Crippen molar-refractivity contribution in [2.24, 2.45) is 0 Å². The first-order valence-electron chi connectivity index (χ1n) is 6.15. The number of carbonyl (C=O) groups is 2. The number of amides is 1. The SMILES string of the molecule is CO[C@@]1(C(=O)[O-])C=C[C@@H](NC(C)=O)[C@H]([C@H](O)[C@H](O)CO)O1.[K+]. The van der Waals surface area contributed by atoms with E-state index in [1.165, 1.54) is 13.0 Å². The van der Waals surface area contributed by atoms with Crippen molar-refractivity contribution in [2.45, 2.75) is 37.1 Å². The molecule has 0 radical (unpaired) electrons. The second-order valence-electron chi connectivity index (χ2n) is 4.57. The van der Waals surface area contributed by atoms with Crippen LogP contribution in [0.5, 0.6) is 0 Å². The Hall–Kier alpha value is 0.116. The van der Waals surface area contributed by atoms with Crippen LogP contribution in [0.3, 0.4) is 0 Å². The van der Waals surface area contributed by atoms with Crippen LogP contribution in [0.1, 0.15) is 6.92 Å². The molecule has 0 aromatic rings. The van der Waals surface area contributed by atoms with Gasteiger partial charge in [0.25, 0.3) is 0 Å². The quantitative estimate of drug-likeness (QED) is 0.275. The van der Waals surface area contributed by atoms with E-state index in [1.807, 2.05) is 0 Å². The van der Waals surface area contributed by atoms with Gasteiger partial charge in [-0.25, -0.2) is 0 Å². The zero-order valence-electron chi connectivity index (χ0n) is 12.6. The van der Waals surface area contributed by atoms with Gasteiger partial charge in [-0.05, 0) is 6.08 Å². The van der Waals surface area contributed by atoms with Gasteiger partial charge in [0.2, 0.25) is 11.7 Å². The molecule has 1 aliphatic rings. The van der Waals surface area contributed by atoms with Gasteiger partial charge in [-0.15, -0.1) is 0 Å². The molecule has 4 N–H and O–H groups in total. The minimum atomic E-state index is -2.25. The summed E-state index contributed by atoms with van der Waals surface area (Å²) < 4.78 is 9.92. The van der Waals surface area contributed by atoms with Crippen molar-refractivity contribution < 1.29 is 90.9 Å². The number of carbonyl (C=O) groups excluding carboxylic acids is 2. The van der Waals surface area contributed by atoms with Gasteiger partial charge in [0.05, 0.1) is 12.6 Å². The Morgan fingerprint density at radius 3 is 2.50 bits per heavy atom. The largest absolute Gasteiger partial charge is 1.00 e. The summed E-state index contributed by atoms with van der Waals surface area (Å²) in [6.45, 7) is 0.444. The molecule has 22 heavy (non-hydrogen) atoms. The van der Waals surface area contributed by atoms with Crippen molar-refractivity contribution in [2.75, 3.05) is 13.7 Å². The molecule has 1 heterocycles. The smallest absolute Gasteiger partial charge is 0.544 e. The van der Waals surface area contributed by atoms with Crippen LogP contribution in [-0.2, 0) is 19.1 Å². The molecule has 0 spiro atoms. The monoisotopic (exact) mass is 343 g/mol. The topological polar surface area (TPSA) is 148 Å². The molecule has 0 saturated carbocycles. The summed E-state index contributed by atoms with van der Waals surface area (Å²) in [6, 6.07) is -0.915. The molecular weight excluding hydrogens is 325 g/mol. The molecule has 0 aliphatic carbocycles. The third-order valence-electron chi connectivity index (χ3n) is 3.06. The molecule has 9 nitrogen and oxygen atoms in total. The fraction of sp³-hybridized carbons (Fsp3) is 0.667. The minimum absolute atomic E-state index is 0. The predicted molar refractivity (Wildman–Crippen MR) is 65.5 cm³/mol. The Kier molecular flexibility index (Phi) is 9.47. The molecule has 0 saturated heterocycles. The number of hydrogen-bond acceptors (Lipinski definition) is 8. The first-order valence-corrected chi connectivity index (χ1v) is 6.15. The van der Waals surface area contributed by atoms with Gasteiger partial charge in [-0.3, -0.25) is 4.79 Å². The van der Waals surface area contributed by atoms with Crippen molar-refractivity contribution in [3.63, 3.8) is 0 Å². The van der Waals surface area contributed by atoms with Crippen molar-refractivity contribution in [1.82, 2.24) is 5.32 Å². The predicted octanol–water partition coefficient (Wildman–Crippen LogP) is -6.74. The maximum absolute atomic E-state index is 11.2. The second kappa shape index (κ2) is 9.42. The number of rotatable bonds is 6. The van der Waals surface area contributed by atoms with E-state index >= 15 is 0 Å². The summed E-state index contributed by atoms with van der Waals surface area (Å²) in [5, 5.41) is 41.9. The molecule has 1 aliphatic heterocycles. The fourth-order valence-corrected chi connectivity index (χ4v) is 1.94. The van der Waals surface area contributed by atoms with Crippen molar-refractivity contribution in [3.8, 4) is 0 Å². The normalized spacial score (nSPS) is 30.0. The third kappa shape index (κ3) is 5.06. The van der Waals surface area contributed by atoms with Crippen molar-refractivity contribution >= 4 is 11.9 Å². The maximum Gasteiger partial charge on any atom is 1.00 e. The van der Waals surface area contributed by atoms with E-state index in [-0.39, 0.29) is 51.4 Å². The third-order valence-corrected chi connectivity index (χ3v) is 3.06. The summed E-state index contributed by atoms with van der Waals surface area (Å²) in [5.41, 5.74) is 0. The van der Waals surface area contributed by atoms with E-state index in [4.69, 9.17) is 14.6 Å². The molecular formula is C12H18KNO8. The van der Waals surface area contributed by atoms with Gasteiger partial charge in [-0.2, -0.15) is 0 Å². The number of hydrogen-bond donors (Lipinski definition) is 4. The molecule has 1 rings (SSSR count). The van der Waals surface area contributed by atoms with Gasteiger partial charge >= 0.3 is 51.4 Å². The van der Waals surface area contributed by atoms with Crippen LogP contribution in [-0.4, -0.2) is 71.1 Å². The Labute approximate surface area is 169 Å². The molecule has 10 heteroatoms. The Balaban J connectivity index is 0.00000441. The number of ether oxygens (including phenoxy) is 2. The average Bonchev–Trinajstić information content (AvgIpc) is 2.45. The number of aliphatic carboxylic acids is 1. The number of methoxy groups -OCH3 is 1. The van der Waals surface area contributed by atoms with Gasteiger partial charge in [0.15, 0.2) is 0 Å². The van der Waals surface area contributed by atoms with Crippen LogP contribution in [0.4, 0.5) is 0 Å². The summed E-state index contributed by atoms with van der Waals surface area (Å²) in [6.07, 6.45) is -2.33. The Bertz CT molecular complexity index is 431. The number of carboxylic acids is 1. The molecule has 0 aromatic carbocycles. The molecule has 0 aromatic heterocycles. The zero-order chi connectivity index (χ0) is 16.2. The van der Waals surface area contributed by atoms with Gasteiger partial charge in [0, 0.05) is 14.0 Å². The summed E-state index contributed by atoms with van der Waals surface area (Å²) in [7, 11) is 1.06. The summed E-state index contributed by atoms with van der Waals surface area (Å²) >= 11 is 0. The Morgan fingerprint density at radius 2 is 2.09 bits per heavy atom. The van der Waals surface area contributed by atoms with Gasteiger partial charge < -0.3 is 40.0 Å². The number of nitrogens with one attached hydrogen (secondary N) is 1. The molecule has 5 atom stereocenters. The summed E-state index contributed by atoms with van der Waals surface area (Å²) in [4.78, 5) is 22.3. The molecule has 0 unspecified atom stereocenters. The van der Waals surface area contributed by atoms with E-state index in [9.17, 15) is 24.9 Å². The van der Waals surface area contributed by atoms with Crippen LogP contribution in [0.25, 0.3) is 0 Å². The molecule has 0 fully saturated rings. The molecule has 120 valence electrons.